The first kappa shape index (κ1) is 21.6. The molecule has 0 bridgehead atoms. The first-order chi connectivity index (χ1) is 14.0. The maximum Gasteiger partial charge on any atom is 0.410 e. The van der Waals surface area contributed by atoms with Crippen molar-refractivity contribution >= 4 is 12.0 Å². The Morgan fingerprint density at radius 3 is 2.52 bits per heavy atom. The van der Waals surface area contributed by atoms with Gasteiger partial charge in [-0.2, -0.15) is 0 Å². The van der Waals surface area contributed by atoms with E-state index in [2.05, 4.69) is 34.5 Å². The van der Waals surface area contributed by atoms with Crippen LogP contribution in [0.15, 0.2) is 30.3 Å². The van der Waals surface area contributed by atoms with E-state index in [0.29, 0.717) is 12.3 Å². The fourth-order valence-corrected chi connectivity index (χ4v) is 4.25. The molecule has 2 amide bonds. The molecule has 1 atom stereocenters. The molecule has 2 saturated heterocycles. The summed E-state index contributed by atoms with van der Waals surface area (Å²) < 4.78 is 5.26. The van der Waals surface area contributed by atoms with E-state index in [4.69, 9.17) is 4.74 Å². The van der Waals surface area contributed by atoms with Crippen molar-refractivity contribution in [2.24, 2.45) is 5.92 Å². The third-order valence-corrected chi connectivity index (χ3v) is 5.88. The van der Waals surface area contributed by atoms with Crippen LogP contribution in [-0.4, -0.2) is 60.1 Å². The van der Waals surface area contributed by atoms with E-state index in [-0.39, 0.29) is 24.1 Å². The molecule has 1 aromatic carbocycles. The van der Waals surface area contributed by atoms with Gasteiger partial charge in [-0.1, -0.05) is 30.3 Å². The fourth-order valence-electron chi connectivity index (χ4n) is 4.25. The van der Waals surface area contributed by atoms with Crippen LogP contribution in [0.4, 0.5) is 4.79 Å². The zero-order valence-electron chi connectivity index (χ0n) is 17.8. The normalized spacial score (nSPS) is 20.8. The SMILES string of the molecule is CC(C)OC(=O)N1CCC(CCC(=O)N[C@H]2CCN(Cc3ccccc3)C2)CC1. The monoisotopic (exact) mass is 401 g/mol. The minimum absolute atomic E-state index is 0.0804. The lowest BCUT2D eigenvalue weighted by Crippen LogP contribution is -2.40. The minimum Gasteiger partial charge on any atom is -0.447 e. The molecule has 0 aromatic heterocycles. The molecule has 2 aliphatic rings. The molecular weight excluding hydrogens is 366 g/mol. The molecule has 0 radical (unpaired) electrons. The van der Waals surface area contributed by atoms with Gasteiger partial charge < -0.3 is 15.0 Å². The number of rotatable bonds is 7. The van der Waals surface area contributed by atoms with E-state index in [1.165, 1.54) is 5.56 Å². The number of nitrogens with zero attached hydrogens (tertiary/aromatic N) is 2. The lowest BCUT2D eigenvalue weighted by atomic mass is 9.92. The Morgan fingerprint density at radius 2 is 1.83 bits per heavy atom. The Labute approximate surface area is 174 Å². The summed E-state index contributed by atoms with van der Waals surface area (Å²) in [4.78, 5) is 28.5. The van der Waals surface area contributed by atoms with E-state index in [0.717, 1.165) is 58.4 Å². The fraction of sp³-hybridized carbons (Fsp3) is 0.652. The Morgan fingerprint density at radius 1 is 1.10 bits per heavy atom. The summed E-state index contributed by atoms with van der Waals surface area (Å²) in [6, 6.07) is 10.8. The molecule has 6 nitrogen and oxygen atoms in total. The summed E-state index contributed by atoms with van der Waals surface area (Å²) in [6.07, 6.45) is 4.12. The van der Waals surface area contributed by atoms with Crippen LogP contribution in [0, 0.1) is 5.92 Å². The molecule has 1 aromatic rings. The molecule has 0 unspecified atom stereocenters. The Hall–Kier alpha value is -2.08. The first-order valence-corrected chi connectivity index (χ1v) is 11.0. The zero-order chi connectivity index (χ0) is 20.6. The van der Waals surface area contributed by atoms with Crippen LogP contribution >= 0.6 is 0 Å². The average Bonchev–Trinajstić information content (AvgIpc) is 3.13. The van der Waals surface area contributed by atoms with Crippen LogP contribution < -0.4 is 5.32 Å². The second-order valence-electron chi connectivity index (χ2n) is 8.68. The molecule has 0 aliphatic carbocycles. The van der Waals surface area contributed by atoms with Crippen LogP contribution in [0.25, 0.3) is 0 Å². The Kier molecular flexibility index (Phi) is 7.92. The van der Waals surface area contributed by atoms with Crippen molar-refractivity contribution < 1.29 is 14.3 Å². The van der Waals surface area contributed by atoms with Gasteiger partial charge in [-0.3, -0.25) is 9.69 Å². The van der Waals surface area contributed by atoms with E-state index in [9.17, 15) is 9.59 Å². The predicted molar refractivity (Wildman–Crippen MR) is 113 cm³/mol. The van der Waals surface area contributed by atoms with Gasteiger partial charge in [0.05, 0.1) is 6.10 Å². The van der Waals surface area contributed by atoms with Crippen molar-refractivity contribution in [2.75, 3.05) is 26.2 Å². The molecule has 29 heavy (non-hydrogen) atoms. The van der Waals surface area contributed by atoms with Crippen LogP contribution in [0.2, 0.25) is 0 Å². The van der Waals surface area contributed by atoms with Gasteiger partial charge in [-0.05, 0) is 51.0 Å². The van der Waals surface area contributed by atoms with Crippen molar-refractivity contribution in [2.45, 2.75) is 64.6 Å². The van der Waals surface area contributed by atoms with Crippen LogP contribution in [0.1, 0.15) is 51.5 Å². The summed E-state index contributed by atoms with van der Waals surface area (Å²) in [5.41, 5.74) is 1.32. The summed E-state index contributed by atoms with van der Waals surface area (Å²) >= 11 is 0. The van der Waals surface area contributed by atoms with Gasteiger partial charge in [0.1, 0.15) is 0 Å². The molecule has 2 aliphatic heterocycles. The summed E-state index contributed by atoms with van der Waals surface area (Å²) in [5, 5.41) is 3.22. The van der Waals surface area contributed by atoms with Crippen LogP contribution in [-0.2, 0) is 16.1 Å². The number of likely N-dealkylation sites (tertiary alicyclic amines) is 2. The number of nitrogens with one attached hydrogen (secondary N) is 1. The molecule has 160 valence electrons. The number of amides is 2. The molecule has 2 heterocycles. The minimum atomic E-state index is -0.211. The summed E-state index contributed by atoms with van der Waals surface area (Å²) in [5.74, 6) is 0.681. The molecule has 0 spiro atoms. The molecule has 3 rings (SSSR count). The number of hydrogen-bond acceptors (Lipinski definition) is 4. The van der Waals surface area contributed by atoms with E-state index in [1.54, 1.807) is 4.90 Å². The van der Waals surface area contributed by atoms with Gasteiger partial charge in [-0.25, -0.2) is 4.79 Å². The lowest BCUT2D eigenvalue weighted by Gasteiger charge is -2.31. The second-order valence-corrected chi connectivity index (χ2v) is 8.68. The largest absolute Gasteiger partial charge is 0.447 e. The summed E-state index contributed by atoms with van der Waals surface area (Å²) in [6.45, 7) is 8.11. The zero-order valence-corrected chi connectivity index (χ0v) is 17.8. The highest BCUT2D eigenvalue weighted by molar-refractivity contribution is 5.76. The molecule has 1 N–H and O–H groups in total. The highest BCUT2D eigenvalue weighted by atomic mass is 16.6. The number of benzene rings is 1. The van der Waals surface area contributed by atoms with Gasteiger partial charge in [0, 0.05) is 45.2 Å². The van der Waals surface area contributed by atoms with Gasteiger partial charge >= 0.3 is 6.09 Å². The molecule has 2 fully saturated rings. The van der Waals surface area contributed by atoms with Gasteiger partial charge in [0.25, 0.3) is 0 Å². The number of carbonyl (C=O) groups excluding carboxylic acids is 2. The average molecular weight is 402 g/mol. The highest BCUT2D eigenvalue weighted by Crippen LogP contribution is 2.23. The number of carbonyl (C=O) groups is 2. The molecule has 6 heteroatoms. The van der Waals surface area contributed by atoms with Crippen molar-refractivity contribution in [3.63, 3.8) is 0 Å². The van der Waals surface area contributed by atoms with Gasteiger partial charge in [0.15, 0.2) is 0 Å². The number of piperidine rings is 1. The topological polar surface area (TPSA) is 61.9 Å². The van der Waals surface area contributed by atoms with E-state index in [1.807, 2.05) is 19.9 Å². The predicted octanol–water partition coefficient (Wildman–Crippen LogP) is 3.41. The Balaban J connectivity index is 1.30. The standard InChI is InChI=1S/C23H35N3O3/c1-18(2)29-23(28)26-14-10-19(11-15-26)8-9-22(27)24-21-12-13-25(17-21)16-20-6-4-3-5-7-20/h3-7,18-19,21H,8-17H2,1-2H3,(H,24,27)/t21-/m0/s1. The smallest absolute Gasteiger partial charge is 0.410 e. The van der Waals surface area contributed by atoms with Gasteiger partial charge in [0.2, 0.25) is 5.91 Å². The molecule has 0 saturated carbocycles. The van der Waals surface area contributed by atoms with E-state index < -0.39 is 0 Å². The van der Waals surface area contributed by atoms with Gasteiger partial charge in [-0.15, -0.1) is 0 Å². The second kappa shape index (κ2) is 10.6. The maximum absolute atomic E-state index is 12.4. The van der Waals surface area contributed by atoms with Crippen LogP contribution in [0.3, 0.4) is 0 Å². The van der Waals surface area contributed by atoms with Crippen molar-refractivity contribution in [1.29, 1.82) is 0 Å². The third-order valence-electron chi connectivity index (χ3n) is 5.88. The maximum atomic E-state index is 12.4. The van der Waals surface area contributed by atoms with Crippen LogP contribution in [0.5, 0.6) is 0 Å². The lowest BCUT2D eigenvalue weighted by molar-refractivity contribution is -0.122. The summed E-state index contributed by atoms with van der Waals surface area (Å²) in [7, 11) is 0. The van der Waals surface area contributed by atoms with Crippen molar-refractivity contribution in [3.05, 3.63) is 35.9 Å². The third kappa shape index (κ3) is 7.03. The molecular formula is C23H35N3O3. The van der Waals surface area contributed by atoms with E-state index >= 15 is 0 Å². The van der Waals surface area contributed by atoms with Crippen molar-refractivity contribution in [1.82, 2.24) is 15.1 Å². The highest BCUT2D eigenvalue weighted by Gasteiger charge is 2.26. The quantitative estimate of drug-likeness (QED) is 0.761. The Bertz CT molecular complexity index is 657. The number of hydrogen-bond donors (Lipinski definition) is 1. The van der Waals surface area contributed by atoms with Crippen molar-refractivity contribution in [3.8, 4) is 0 Å². The first-order valence-electron chi connectivity index (χ1n) is 11.0. The number of ether oxygens (including phenoxy) is 1.